The fourth-order valence-electron chi connectivity index (χ4n) is 3.39. The quantitative estimate of drug-likeness (QED) is 0.546. The molecule has 0 radical (unpaired) electrons. The molecule has 2 N–H and O–H groups in total. The molecule has 0 aliphatic carbocycles. The van der Waals surface area contributed by atoms with Gasteiger partial charge in [0.25, 0.3) is 5.91 Å². The lowest BCUT2D eigenvalue weighted by molar-refractivity contribution is -0.116. The van der Waals surface area contributed by atoms with Crippen molar-refractivity contribution in [3.63, 3.8) is 0 Å². The molecule has 0 saturated carbocycles. The first-order valence-corrected chi connectivity index (χ1v) is 12.7. The van der Waals surface area contributed by atoms with Crippen LogP contribution in [0.5, 0.6) is 11.5 Å². The predicted octanol–water partition coefficient (Wildman–Crippen LogP) is 2.78. The Labute approximate surface area is 194 Å². The van der Waals surface area contributed by atoms with Crippen LogP contribution in [0, 0.1) is 0 Å². The van der Waals surface area contributed by atoms with Crippen molar-refractivity contribution in [2.24, 2.45) is 0 Å². The minimum absolute atomic E-state index is 0.0848. The van der Waals surface area contributed by atoms with E-state index in [1.54, 1.807) is 42.5 Å². The summed E-state index contributed by atoms with van der Waals surface area (Å²) in [5.41, 5.74) is 1.25. The maximum atomic E-state index is 12.5. The molecule has 0 fully saturated rings. The Morgan fingerprint density at radius 3 is 2.52 bits per heavy atom. The van der Waals surface area contributed by atoms with Gasteiger partial charge in [-0.25, -0.2) is 8.42 Å². The van der Waals surface area contributed by atoms with Crippen LogP contribution in [-0.2, 0) is 14.8 Å². The van der Waals surface area contributed by atoms with Gasteiger partial charge < -0.3 is 20.1 Å². The van der Waals surface area contributed by atoms with Gasteiger partial charge in [-0.1, -0.05) is 19.1 Å². The normalized spacial score (nSPS) is 12.7. The summed E-state index contributed by atoms with van der Waals surface area (Å²) < 4.78 is 37.0. The molecule has 0 bridgehead atoms. The summed E-state index contributed by atoms with van der Waals surface area (Å²) in [6.07, 6.45) is 2.30. The van der Waals surface area contributed by atoms with Crippen molar-refractivity contribution in [2.45, 2.75) is 26.2 Å². The van der Waals surface area contributed by atoms with E-state index in [9.17, 15) is 18.0 Å². The molecule has 3 rings (SSSR count). The Bertz CT molecular complexity index is 1100. The van der Waals surface area contributed by atoms with Gasteiger partial charge >= 0.3 is 0 Å². The number of carbonyl (C=O) groups excluding carboxylic acids is 2. The summed E-state index contributed by atoms with van der Waals surface area (Å²) in [6, 6.07) is 11.7. The number of anilines is 2. The molecule has 33 heavy (non-hydrogen) atoms. The highest BCUT2D eigenvalue weighted by Gasteiger charge is 2.21. The molecule has 178 valence electrons. The van der Waals surface area contributed by atoms with Crippen molar-refractivity contribution < 1.29 is 27.5 Å². The first-order valence-electron chi connectivity index (χ1n) is 10.8. The zero-order valence-electron chi connectivity index (χ0n) is 18.8. The molecular formula is C23H29N3O6S. The van der Waals surface area contributed by atoms with E-state index in [1.807, 2.05) is 6.92 Å². The van der Waals surface area contributed by atoms with E-state index >= 15 is 0 Å². The Balaban J connectivity index is 1.62. The number of rotatable bonds is 10. The van der Waals surface area contributed by atoms with Crippen molar-refractivity contribution >= 4 is 33.2 Å². The van der Waals surface area contributed by atoms with Crippen LogP contribution in [0.4, 0.5) is 11.4 Å². The molecule has 2 amide bonds. The van der Waals surface area contributed by atoms with Crippen molar-refractivity contribution in [2.75, 3.05) is 42.2 Å². The Morgan fingerprint density at radius 1 is 1.06 bits per heavy atom. The number of nitrogens with one attached hydrogen (secondary N) is 2. The number of amides is 2. The lowest BCUT2D eigenvalue weighted by Gasteiger charge is -2.25. The monoisotopic (exact) mass is 475 g/mol. The second-order valence-corrected chi connectivity index (χ2v) is 9.52. The lowest BCUT2D eigenvalue weighted by Crippen LogP contribution is -2.31. The zero-order chi connectivity index (χ0) is 23.8. The van der Waals surface area contributed by atoms with Gasteiger partial charge in [0.05, 0.1) is 23.2 Å². The Morgan fingerprint density at radius 2 is 1.79 bits per heavy atom. The first kappa shape index (κ1) is 24.4. The van der Waals surface area contributed by atoms with Gasteiger partial charge in [0, 0.05) is 25.6 Å². The van der Waals surface area contributed by atoms with Crippen LogP contribution in [0.25, 0.3) is 0 Å². The number of carbonyl (C=O) groups is 2. The van der Waals surface area contributed by atoms with E-state index in [1.165, 1.54) is 4.31 Å². The molecule has 9 nitrogen and oxygen atoms in total. The molecular weight excluding hydrogens is 446 g/mol. The molecule has 0 atom stereocenters. The molecule has 1 aliphatic rings. The van der Waals surface area contributed by atoms with Crippen molar-refractivity contribution in [1.29, 1.82) is 0 Å². The molecule has 2 aromatic rings. The molecule has 0 unspecified atom stereocenters. The van der Waals surface area contributed by atoms with E-state index < -0.39 is 10.0 Å². The van der Waals surface area contributed by atoms with E-state index in [-0.39, 0.29) is 31.2 Å². The van der Waals surface area contributed by atoms with Crippen LogP contribution < -0.4 is 24.4 Å². The minimum Gasteiger partial charge on any atom is -0.486 e. The number of sulfonamides is 1. The van der Waals surface area contributed by atoms with Gasteiger partial charge in [0.15, 0.2) is 11.5 Å². The predicted molar refractivity (Wildman–Crippen MR) is 127 cm³/mol. The number of nitrogens with zero attached hydrogens (tertiary/aromatic N) is 1. The highest BCUT2D eigenvalue weighted by atomic mass is 32.2. The van der Waals surface area contributed by atoms with E-state index in [0.717, 1.165) is 12.7 Å². The molecule has 1 heterocycles. The number of ether oxygens (including phenoxy) is 2. The SMILES string of the molecule is CCCNC(=O)c1ccccc1NC(=O)CCCN(c1ccc2c(c1)OCCO2)S(C)(=O)=O. The fourth-order valence-corrected chi connectivity index (χ4v) is 4.35. The highest BCUT2D eigenvalue weighted by molar-refractivity contribution is 7.92. The van der Waals surface area contributed by atoms with E-state index in [0.29, 0.717) is 48.2 Å². The van der Waals surface area contributed by atoms with Crippen LogP contribution in [0.1, 0.15) is 36.5 Å². The Hall–Kier alpha value is -3.27. The van der Waals surface area contributed by atoms with Gasteiger partial charge in [-0.15, -0.1) is 0 Å². The molecule has 1 aliphatic heterocycles. The van der Waals surface area contributed by atoms with Gasteiger partial charge in [-0.05, 0) is 37.1 Å². The summed E-state index contributed by atoms with van der Waals surface area (Å²) in [6.45, 7) is 3.46. The summed E-state index contributed by atoms with van der Waals surface area (Å²) in [7, 11) is -3.58. The summed E-state index contributed by atoms with van der Waals surface area (Å²) in [5, 5.41) is 5.55. The van der Waals surface area contributed by atoms with Gasteiger partial charge in [-0.3, -0.25) is 13.9 Å². The maximum Gasteiger partial charge on any atom is 0.253 e. The van der Waals surface area contributed by atoms with Crippen LogP contribution in [0.15, 0.2) is 42.5 Å². The number of hydrogen-bond acceptors (Lipinski definition) is 6. The Kier molecular flexibility index (Phi) is 8.16. The van der Waals surface area contributed by atoms with Crippen molar-refractivity contribution in [3.8, 4) is 11.5 Å². The first-order chi connectivity index (χ1) is 15.8. The van der Waals surface area contributed by atoms with E-state index in [2.05, 4.69) is 10.6 Å². The van der Waals surface area contributed by atoms with Crippen molar-refractivity contribution in [3.05, 3.63) is 48.0 Å². The third-order valence-electron chi connectivity index (χ3n) is 4.96. The average molecular weight is 476 g/mol. The van der Waals surface area contributed by atoms with Crippen LogP contribution in [0.3, 0.4) is 0 Å². The van der Waals surface area contributed by atoms with Gasteiger partial charge in [0.2, 0.25) is 15.9 Å². The highest BCUT2D eigenvalue weighted by Crippen LogP contribution is 2.34. The minimum atomic E-state index is -3.58. The second kappa shape index (κ2) is 11.0. The topological polar surface area (TPSA) is 114 Å². The summed E-state index contributed by atoms with van der Waals surface area (Å²) >= 11 is 0. The summed E-state index contributed by atoms with van der Waals surface area (Å²) in [5.74, 6) is 0.499. The molecule has 0 spiro atoms. The zero-order valence-corrected chi connectivity index (χ0v) is 19.6. The number of hydrogen-bond donors (Lipinski definition) is 2. The van der Waals surface area contributed by atoms with Crippen LogP contribution in [-0.4, -0.2) is 52.8 Å². The van der Waals surface area contributed by atoms with Gasteiger partial charge in [-0.2, -0.15) is 0 Å². The third kappa shape index (κ3) is 6.61. The number of fused-ring (bicyclic) bond motifs is 1. The molecule has 10 heteroatoms. The third-order valence-corrected chi connectivity index (χ3v) is 6.15. The summed E-state index contributed by atoms with van der Waals surface area (Å²) in [4.78, 5) is 24.8. The average Bonchev–Trinajstić information content (AvgIpc) is 2.79. The van der Waals surface area contributed by atoms with Crippen molar-refractivity contribution in [1.82, 2.24) is 5.32 Å². The standard InChI is InChI=1S/C23H29N3O6S/c1-3-12-24-23(28)18-7-4-5-8-19(18)25-22(27)9-6-13-26(33(2,29)30)17-10-11-20-21(16-17)32-15-14-31-20/h4-5,7-8,10-11,16H,3,6,9,12-15H2,1-2H3,(H,24,28)(H,25,27). The maximum absolute atomic E-state index is 12.5. The second-order valence-electron chi connectivity index (χ2n) is 7.62. The molecule has 0 aromatic heterocycles. The molecule has 0 saturated heterocycles. The van der Waals surface area contributed by atoms with Crippen LogP contribution in [0.2, 0.25) is 0 Å². The van der Waals surface area contributed by atoms with Gasteiger partial charge in [0.1, 0.15) is 13.2 Å². The molecule has 2 aromatic carbocycles. The van der Waals surface area contributed by atoms with E-state index in [4.69, 9.17) is 9.47 Å². The number of benzene rings is 2. The number of para-hydroxylation sites is 1. The van der Waals surface area contributed by atoms with Crippen LogP contribution >= 0.6 is 0 Å². The lowest BCUT2D eigenvalue weighted by atomic mass is 10.1. The smallest absolute Gasteiger partial charge is 0.253 e. The largest absolute Gasteiger partial charge is 0.486 e. The fraction of sp³-hybridized carbons (Fsp3) is 0.391.